The lowest BCUT2D eigenvalue weighted by Gasteiger charge is -2.20. The number of phosphoric ester groups is 1. The lowest BCUT2D eigenvalue weighted by Crippen LogP contribution is -2.29. The monoisotopic (exact) mass is 704 g/mol. The molecule has 0 saturated carbocycles. The number of unbranched alkanes of at least 4 members (excludes halogenated alkanes) is 18. The third kappa shape index (κ3) is 33.0. The molecule has 3 N–H and O–H groups in total. The molecule has 1 unspecified atom stereocenters. The first-order valence-corrected chi connectivity index (χ1v) is 20.3. The topological polar surface area (TPSA) is 149 Å². The number of phosphoric acid groups is 1. The first-order valence-electron chi connectivity index (χ1n) is 18.8. The molecule has 11 heteroatoms. The molecule has 0 aromatic rings. The Bertz CT molecular complexity index is 863. The molecule has 0 fully saturated rings. The Morgan fingerprint density at radius 3 is 1.58 bits per heavy atom. The minimum atomic E-state index is -4.61. The van der Waals surface area contributed by atoms with Crippen LogP contribution in [0.2, 0.25) is 0 Å². The van der Waals surface area contributed by atoms with Crippen LogP contribution in [0.4, 0.5) is 0 Å². The van der Waals surface area contributed by atoms with Gasteiger partial charge in [0.1, 0.15) is 12.7 Å². The van der Waals surface area contributed by atoms with Crippen LogP contribution in [-0.2, 0) is 32.7 Å². The average Bonchev–Trinajstić information content (AvgIpc) is 3.07. The molecule has 3 atom stereocenters. The van der Waals surface area contributed by atoms with Crippen molar-refractivity contribution in [1.82, 2.24) is 0 Å². The summed E-state index contributed by atoms with van der Waals surface area (Å²) in [5.74, 6) is -0.943. The SMILES string of the molecule is CCCCCC/C=C/C=C/CCCCCCCC(=O)O[C@H](COC(=O)CCCCCCCCCCCC)COP(=O)(O)OC[C@@H](O)CO. The van der Waals surface area contributed by atoms with E-state index in [2.05, 4.69) is 42.7 Å². The quantitative estimate of drug-likeness (QED) is 0.0252. The van der Waals surface area contributed by atoms with E-state index in [-0.39, 0.29) is 19.4 Å². The van der Waals surface area contributed by atoms with E-state index in [4.69, 9.17) is 19.1 Å². The van der Waals surface area contributed by atoms with Crippen LogP contribution in [0.3, 0.4) is 0 Å². The van der Waals surface area contributed by atoms with Crippen molar-refractivity contribution in [3.63, 3.8) is 0 Å². The Labute approximate surface area is 291 Å². The van der Waals surface area contributed by atoms with E-state index in [9.17, 15) is 24.2 Å². The summed E-state index contributed by atoms with van der Waals surface area (Å²) in [5, 5.41) is 18.2. The molecular weight excluding hydrogens is 635 g/mol. The minimum absolute atomic E-state index is 0.169. The fraction of sp³-hybridized carbons (Fsp3) is 0.838. The molecule has 0 radical (unpaired) electrons. The Balaban J connectivity index is 4.40. The molecule has 0 aliphatic rings. The van der Waals surface area contributed by atoms with Gasteiger partial charge in [-0.05, 0) is 38.5 Å². The standard InChI is InChI=1S/C37H69O10P/c1-3-5-7-9-11-13-15-16-17-18-19-21-23-25-27-29-37(41)47-35(33-46-48(42,43)45-31-34(39)30-38)32-44-36(40)28-26-24-22-20-14-12-10-8-6-4-2/h13,15-17,34-35,38-39H,3-12,14,18-33H2,1-2H3,(H,42,43)/b15-13+,17-16+/t34-,35+/m0/s1. The van der Waals surface area contributed by atoms with Crippen molar-refractivity contribution in [2.45, 2.75) is 174 Å². The summed E-state index contributed by atoms with van der Waals surface area (Å²) in [5.41, 5.74) is 0. The van der Waals surface area contributed by atoms with Crippen LogP contribution in [0.1, 0.15) is 162 Å². The van der Waals surface area contributed by atoms with Crippen LogP contribution in [0, 0.1) is 0 Å². The summed E-state index contributed by atoms with van der Waals surface area (Å²) in [6, 6.07) is 0. The number of carbonyl (C=O) groups excluding carboxylic acids is 2. The third-order valence-electron chi connectivity index (χ3n) is 7.89. The van der Waals surface area contributed by atoms with E-state index in [1.54, 1.807) is 0 Å². The van der Waals surface area contributed by atoms with Crippen molar-refractivity contribution in [3.8, 4) is 0 Å². The number of ether oxygens (including phenoxy) is 2. The molecule has 0 amide bonds. The van der Waals surface area contributed by atoms with Crippen LogP contribution >= 0.6 is 7.82 Å². The van der Waals surface area contributed by atoms with Crippen molar-refractivity contribution in [1.29, 1.82) is 0 Å². The van der Waals surface area contributed by atoms with Crippen molar-refractivity contribution in [2.24, 2.45) is 0 Å². The number of aliphatic hydroxyl groups is 2. The molecule has 282 valence electrons. The Hall–Kier alpha value is -1.55. The van der Waals surface area contributed by atoms with E-state index in [1.807, 2.05) is 0 Å². The summed E-state index contributed by atoms with van der Waals surface area (Å²) in [6.07, 6.45) is 30.1. The fourth-order valence-corrected chi connectivity index (χ4v) is 5.71. The molecule has 0 saturated heterocycles. The van der Waals surface area contributed by atoms with Gasteiger partial charge in [-0.3, -0.25) is 18.6 Å². The van der Waals surface area contributed by atoms with Gasteiger partial charge in [-0.25, -0.2) is 4.57 Å². The number of hydrogen-bond donors (Lipinski definition) is 3. The molecular formula is C37H69O10P. The van der Waals surface area contributed by atoms with Gasteiger partial charge in [-0.2, -0.15) is 0 Å². The van der Waals surface area contributed by atoms with E-state index >= 15 is 0 Å². The Kier molecular flexibility index (Phi) is 32.8. The Morgan fingerprint density at radius 1 is 0.625 bits per heavy atom. The van der Waals surface area contributed by atoms with Crippen LogP contribution in [0.5, 0.6) is 0 Å². The van der Waals surface area contributed by atoms with Crippen LogP contribution in [0.25, 0.3) is 0 Å². The minimum Gasteiger partial charge on any atom is -0.462 e. The zero-order chi connectivity index (χ0) is 35.6. The van der Waals surface area contributed by atoms with Crippen LogP contribution < -0.4 is 0 Å². The maximum Gasteiger partial charge on any atom is 0.472 e. The molecule has 10 nitrogen and oxygen atoms in total. The van der Waals surface area contributed by atoms with Gasteiger partial charge in [0.2, 0.25) is 0 Å². The molecule has 0 aromatic carbocycles. The molecule has 0 rings (SSSR count). The number of allylic oxidation sites excluding steroid dienone is 4. The molecule has 0 bridgehead atoms. The number of aliphatic hydroxyl groups excluding tert-OH is 2. The summed E-state index contributed by atoms with van der Waals surface area (Å²) >= 11 is 0. The van der Waals surface area contributed by atoms with Gasteiger partial charge in [0.15, 0.2) is 6.10 Å². The summed E-state index contributed by atoms with van der Waals surface area (Å²) in [6.45, 7) is 2.31. The third-order valence-corrected chi connectivity index (χ3v) is 8.84. The highest BCUT2D eigenvalue weighted by Gasteiger charge is 2.27. The van der Waals surface area contributed by atoms with Gasteiger partial charge in [0.25, 0.3) is 0 Å². The number of rotatable bonds is 35. The van der Waals surface area contributed by atoms with E-state index < -0.39 is 51.8 Å². The average molecular weight is 705 g/mol. The van der Waals surface area contributed by atoms with Crippen molar-refractivity contribution in [2.75, 3.05) is 26.4 Å². The zero-order valence-electron chi connectivity index (χ0n) is 30.2. The smallest absolute Gasteiger partial charge is 0.462 e. The molecule has 0 aliphatic carbocycles. The highest BCUT2D eigenvalue weighted by molar-refractivity contribution is 7.47. The fourth-order valence-electron chi connectivity index (χ4n) is 4.92. The van der Waals surface area contributed by atoms with E-state index in [0.29, 0.717) is 12.8 Å². The second-order valence-corrected chi connectivity index (χ2v) is 14.1. The summed E-state index contributed by atoms with van der Waals surface area (Å²) in [4.78, 5) is 34.7. The number of esters is 2. The lowest BCUT2D eigenvalue weighted by atomic mass is 10.1. The number of carbonyl (C=O) groups is 2. The van der Waals surface area contributed by atoms with Gasteiger partial charge in [0.05, 0.1) is 19.8 Å². The largest absolute Gasteiger partial charge is 0.472 e. The molecule has 48 heavy (non-hydrogen) atoms. The lowest BCUT2D eigenvalue weighted by molar-refractivity contribution is -0.161. The van der Waals surface area contributed by atoms with Crippen molar-refractivity contribution >= 4 is 19.8 Å². The predicted octanol–water partition coefficient (Wildman–Crippen LogP) is 9.05. The van der Waals surface area contributed by atoms with Crippen molar-refractivity contribution in [3.05, 3.63) is 24.3 Å². The first-order chi connectivity index (χ1) is 23.2. The van der Waals surface area contributed by atoms with Gasteiger partial charge in [-0.1, -0.05) is 134 Å². The molecule has 0 heterocycles. The summed E-state index contributed by atoms with van der Waals surface area (Å²) < 4.78 is 32.5. The maximum absolute atomic E-state index is 12.5. The van der Waals surface area contributed by atoms with E-state index in [1.165, 1.54) is 64.2 Å². The molecule has 0 aliphatic heterocycles. The highest BCUT2D eigenvalue weighted by Crippen LogP contribution is 2.43. The second-order valence-electron chi connectivity index (χ2n) is 12.6. The Morgan fingerprint density at radius 2 is 1.06 bits per heavy atom. The van der Waals surface area contributed by atoms with E-state index in [0.717, 1.165) is 57.8 Å². The molecule has 0 aromatic heterocycles. The van der Waals surface area contributed by atoms with Crippen LogP contribution in [0.15, 0.2) is 24.3 Å². The first kappa shape index (κ1) is 46.5. The van der Waals surface area contributed by atoms with Gasteiger partial charge >= 0.3 is 19.8 Å². The van der Waals surface area contributed by atoms with Crippen LogP contribution in [-0.4, -0.2) is 65.7 Å². The normalized spacial score (nSPS) is 14.4. The second kappa shape index (κ2) is 33.9. The van der Waals surface area contributed by atoms with Crippen molar-refractivity contribution < 1.29 is 47.8 Å². The van der Waals surface area contributed by atoms with Gasteiger partial charge in [0, 0.05) is 12.8 Å². The predicted molar refractivity (Wildman–Crippen MR) is 191 cm³/mol. The number of hydrogen-bond acceptors (Lipinski definition) is 9. The maximum atomic E-state index is 12.5. The molecule has 0 spiro atoms. The van der Waals surface area contributed by atoms with Gasteiger partial charge < -0.3 is 24.6 Å². The highest BCUT2D eigenvalue weighted by atomic mass is 31.2. The summed E-state index contributed by atoms with van der Waals surface area (Å²) in [7, 11) is -4.61. The van der Waals surface area contributed by atoms with Gasteiger partial charge in [-0.15, -0.1) is 0 Å². The zero-order valence-corrected chi connectivity index (χ0v) is 31.1.